The van der Waals surface area contributed by atoms with Gasteiger partial charge in [-0.1, -0.05) is 12.1 Å². The Kier molecular flexibility index (Phi) is 4.72. The summed E-state index contributed by atoms with van der Waals surface area (Å²) in [6.07, 6.45) is 1.69. The van der Waals surface area contributed by atoms with Gasteiger partial charge in [0.25, 0.3) is 5.69 Å². The minimum atomic E-state index is -0.421. The molecule has 1 atom stereocenters. The van der Waals surface area contributed by atoms with Crippen molar-refractivity contribution in [2.24, 2.45) is 0 Å². The molecule has 2 rings (SSSR count). The lowest BCUT2D eigenvalue weighted by Crippen LogP contribution is -2.36. The van der Waals surface area contributed by atoms with Crippen LogP contribution in [0.4, 0.5) is 5.69 Å². The maximum absolute atomic E-state index is 11.7. The Morgan fingerprint density at radius 3 is 3.00 bits per heavy atom. The van der Waals surface area contributed by atoms with Crippen molar-refractivity contribution in [1.29, 1.82) is 0 Å². The molecule has 0 aliphatic carbocycles. The lowest BCUT2D eigenvalue weighted by molar-refractivity contribution is -0.385. The molecule has 0 radical (unpaired) electrons. The maximum Gasteiger partial charge on any atom is 0.323 e. The highest BCUT2D eigenvalue weighted by Crippen LogP contribution is 2.31. The van der Waals surface area contributed by atoms with Crippen LogP contribution >= 0.6 is 15.9 Å². The minimum Gasteiger partial charge on any atom is -0.468 e. The molecule has 0 amide bonds. The van der Waals surface area contributed by atoms with Crippen LogP contribution in [0.1, 0.15) is 18.4 Å². The number of ether oxygens (including phenoxy) is 1. The van der Waals surface area contributed by atoms with Gasteiger partial charge in [-0.3, -0.25) is 19.8 Å². The van der Waals surface area contributed by atoms with Gasteiger partial charge in [-0.2, -0.15) is 0 Å². The van der Waals surface area contributed by atoms with Gasteiger partial charge in [-0.25, -0.2) is 0 Å². The van der Waals surface area contributed by atoms with Crippen LogP contribution in [0.5, 0.6) is 0 Å². The largest absolute Gasteiger partial charge is 0.468 e. The van der Waals surface area contributed by atoms with Crippen molar-refractivity contribution in [1.82, 2.24) is 4.90 Å². The Labute approximate surface area is 125 Å². The Hall–Kier alpha value is -1.47. The lowest BCUT2D eigenvalue weighted by atomic mass is 10.1. The summed E-state index contributed by atoms with van der Waals surface area (Å²) >= 11 is 3.28. The number of hydrogen-bond donors (Lipinski definition) is 0. The monoisotopic (exact) mass is 342 g/mol. The van der Waals surface area contributed by atoms with Crippen LogP contribution in [0, 0.1) is 10.1 Å². The zero-order valence-electron chi connectivity index (χ0n) is 11.0. The summed E-state index contributed by atoms with van der Waals surface area (Å²) in [5, 5.41) is 10.9. The van der Waals surface area contributed by atoms with Crippen molar-refractivity contribution in [3.05, 3.63) is 38.3 Å². The van der Waals surface area contributed by atoms with Crippen molar-refractivity contribution in [3.8, 4) is 0 Å². The van der Waals surface area contributed by atoms with Gasteiger partial charge < -0.3 is 4.74 Å². The van der Waals surface area contributed by atoms with Crippen LogP contribution in [0.15, 0.2) is 22.7 Å². The fraction of sp³-hybridized carbons (Fsp3) is 0.462. The fourth-order valence-electron chi connectivity index (χ4n) is 2.47. The number of carbonyl (C=O) groups is 1. The molecule has 6 nitrogen and oxygen atoms in total. The molecule has 1 heterocycles. The summed E-state index contributed by atoms with van der Waals surface area (Å²) in [6.45, 7) is 1.27. The molecule has 0 aromatic heterocycles. The number of benzene rings is 1. The van der Waals surface area contributed by atoms with E-state index in [9.17, 15) is 14.9 Å². The molecule has 0 bridgehead atoms. The third kappa shape index (κ3) is 2.99. The van der Waals surface area contributed by atoms with Crippen LogP contribution in [0.2, 0.25) is 0 Å². The molecule has 20 heavy (non-hydrogen) atoms. The number of methoxy groups -OCH3 is 1. The molecular formula is C13H15BrN2O4. The highest BCUT2D eigenvalue weighted by Gasteiger charge is 2.32. The number of likely N-dealkylation sites (tertiary alicyclic amines) is 1. The van der Waals surface area contributed by atoms with Crippen LogP contribution in [0.25, 0.3) is 0 Å². The van der Waals surface area contributed by atoms with E-state index in [1.54, 1.807) is 6.07 Å². The summed E-state index contributed by atoms with van der Waals surface area (Å²) in [7, 11) is 1.38. The number of carbonyl (C=O) groups excluding carboxylic acids is 1. The number of nitro benzene ring substituents is 1. The van der Waals surface area contributed by atoms with Gasteiger partial charge in [-0.05, 0) is 40.9 Å². The molecule has 1 fully saturated rings. The first-order valence-corrected chi connectivity index (χ1v) is 7.07. The number of hydrogen-bond acceptors (Lipinski definition) is 5. The average Bonchev–Trinajstić information content (AvgIpc) is 2.88. The number of rotatable bonds is 4. The van der Waals surface area contributed by atoms with Crippen LogP contribution < -0.4 is 0 Å². The summed E-state index contributed by atoms with van der Waals surface area (Å²) in [4.78, 5) is 24.2. The number of nitrogens with zero attached hydrogens (tertiary/aromatic N) is 2. The Morgan fingerprint density at radius 1 is 1.60 bits per heavy atom. The predicted molar refractivity (Wildman–Crippen MR) is 76.2 cm³/mol. The topological polar surface area (TPSA) is 72.7 Å². The Bertz CT molecular complexity index is 535. The van der Waals surface area contributed by atoms with Crippen molar-refractivity contribution < 1.29 is 14.5 Å². The van der Waals surface area contributed by atoms with Crippen molar-refractivity contribution >= 4 is 27.6 Å². The molecule has 0 saturated carbocycles. The van der Waals surface area contributed by atoms with E-state index in [0.717, 1.165) is 24.9 Å². The summed E-state index contributed by atoms with van der Waals surface area (Å²) in [6, 6.07) is 4.67. The average molecular weight is 343 g/mol. The lowest BCUT2D eigenvalue weighted by Gasteiger charge is -2.22. The van der Waals surface area contributed by atoms with Crippen molar-refractivity contribution in [3.63, 3.8) is 0 Å². The highest BCUT2D eigenvalue weighted by atomic mass is 79.9. The smallest absolute Gasteiger partial charge is 0.323 e. The van der Waals surface area contributed by atoms with Crippen molar-refractivity contribution in [2.75, 3.05) is 13.7 Å². The number of nitro groups is 1. The molecule has 7 heteroatoms. The minimum absolute atomic E-state index is 0.0383. The van der Waals surface area contributed by atoms with E-state index in [0.29, 0.717) is 11.0 Å². The van der Waals surface area contributed by atoms with Gasteiger partial charge >= 0.3 is 5.97 Å². The molecule has 1 unspecified atom stereocenters. The zero-order valence-corrected chi connectivity index (χ0v) is 12.6. The maximum atomic E-state index is 11.7. The first-order chi connectivity index (χ1) is 9.54. The van der Waals surface area contributed by atoms with Gasteiger partial charge in [0.1, 0.15) is 6.04 Å². The van der Waals surface area contributed by atoms with Crippen LogP contribution in [0.3, 0.4) is 0 Å². The van der Waals surface area contributed by atoms with E-state index in [2.05, 4.69) is 15.9 Å². The number of halogens is 1. The molecule has 108 valence electrons. The molecule has 1 saturated heterocycles. The summed E-state index contributed by atoms with van der Waals surface area (Å²) < 4.78 is 5.27. The normalized spacial score (nSPS) is 19.0. The van der Waals surface area contributed by atoms with E-state index >= 15 is 0 Å². The Morgan fingerprint density at radius 2 is 2.35 bits per heavy atom. The van der Waals surface area contributed by atoms with Gasteiger partial charge in [0.2, 0.25) is 0 Å². The van der Waals surface area contributed by atoms with Crippen LogP contribution in [-0.2, 0) is 16.1 Å². The molecule has 1 aromatic rings. The zero-order chi connectivity index (χ0) is 14.7. The van der Waals surface area contributed by atoms with Gasteiger partial charge in [0.15, 0.2) is 0 Å². The first-order valence-electron chi connectivity index (χ1n) is 6.28. The van der Waals surface area contributed by atoms with Gasteiger partial charge in [0.05, 0.1) is 16.5 Å². The van der Waals surface area contributed by atoms with E-state index in [4.69, 9.17) is 4.74 Å². The quantitative estimate of drug-likeness (QED) is 0.477. The summed E-state index contributed by atoms with van der Waals surface area (Å²) in [5.41, 5.74) is 0.839. The second-order valence-electron chi connectivity index (χ2n) is 4.66. The molecule has 1 aromatic carbocycles. The third-order valence-corrected chi connectivity index (χ3v) is 4.38. The molecular weight excluding hydrogens is 328 g/mol. The van der Waals surface area contributed by atoms with Crippen molar-refractivity contribution in [2.45, 2.75) is 25.4 Å². The first kappa shape index (κ1) is 14.9. The second kappa shape index (κ2) is 6.32. The van der Waals surface area contributed by atoms with E-state index in [1.807, 2.05) is 11.0 Å². The predicted octanol–water partition coefficient (Wildman–Crippen LogP) is 2.49. The molecule has 0 spiro atoms. The molecule has 1 aliphatic heterocycles. The van der Waals surface area contributed by atoms with Gasteiger partial charge in [0, 0.05) is 12.6 Å². The second-order valence-corrected chi connectivity index (χ2v) is 5.45. The fourth-order valence-corrected chi connectivity index (χ4v) is 3.00. The SMILES string of the molecule is COC(=O)C1CCCN1Cc1cccc([N+](=O)[O-])c1Br. The van der Waals surface area contributed by atoms with E-state index in [1.165, 1.54) is 13.2 Å². The third-order valence-electron chi connectivity index (χ3n) is 3.47. The molecule has 0 N–H and O–H groups in total. The standard InChI is InChI=1S/C13H15BrN2O4/c1-20-13(17)11-6-3-7-15(11)8-9-4-2-5-10(12(9)14)16(18)19/h2,4-5,11H,3,6-8H2,1H3. The molecule has 1 aliphatic rings. The van der Waals surface area contributed by atoms with Gasteiger partial charge in [-0.15, -0.1) is 0 Å². The van der Waals surface area contributed by atoms with E-state index < -0.39 is 4.92 Å². The summed E-state index contributed by atoms with van der Waals surface area (Å²) in [5.74, 6) is -0.246. The number of esters is 1. The highest BCUT2D eigenvalue weighted by molar-refractivity contribution is 9.10. The Balaban J connectivity index is 2.20. The van der Waals surface area contributed by atoms with Crippen LogP contribution in [-0.4, -0.2) is 35.5 Å². The van der Waals surface area contributed by atoms with E-state index in [-0.39, 0.29) is 17.7 Å².